The Labute approximate surface area is 166 Å². The van der Waals surface area contributed by atoms with Crippen LogP contribution in [0.1, 0.15) is 40.0 Å². The first-order valence-corrected chi connectivity index (χ1v) is 11.4. The summed E-state index contributed by atoms with van der Waals surface area (Å²) in [4.78, 5) is 29.0. The molecule has 2 fully saturated rings. The molecular weight excluding hydrogens is 380 g/mol. The molecule has 0 atom stereocenters. The Morgan fingerprint density at radius 1 is 1.04 bits per heavy atom. The van der Waals surface area contributed by atoms with Crippen molar-refractivity contribution in [2.75, 3.05) is 30.8 Å². The van der Waals surface area contributed by atoms with Gasteiger partial charge in [0.1, 0.15) is 5.60 Å². The Bertz CT molecular complexity index is 863. The third-order valence-corrected chi connectivity index (χ3v) is 6.59. The third-order valence-electron chi connectivity index (χ3n) is 5.46. The van der Waals surface area contributed by atoms with Crippen LogP contribution in [-0.2, 0) is 19.4 Å². The Hall–Kier alpha value is -2.09. The number of sulfone groups is 1. The van der Waals surface area contributed by atoms with Gasteiger partial charge in [-0.1, -0.05) is 0 Å². The van der Waals surface area contributed by atoms with Crippen LogP contribution >= 0.6 is 0 Å². The van der Waals surface area contributed by atoms with Crippen LogP contribution < -0.4 is 4.90 Å². The number of ether oxygens (including phenoxy) is 1. The zero-order chi connectivity index (χ0) is 20.7. The Morgan fingerprint density at radius 3 is 2.07 bits per heavy atom. The summed E-state index contributed by atoms with van der Waals surface area (Å²) in [5.74, 6) is 0.0587. The van der Waals surface area contributed by atoms with Crippen LogP contribution in [0.25, 0.3) is 0 Å². The fraction of sp³-hybridized carbons (Fsp3) is 0.600. The van der Waals surface area contributed by atoms with Crippen LogP contribution in [0, 0.1) is 5.41 Å². The van der Waals surface area contributed by atoms with Gasteiger partial charge in [0.05, 0.1) is 10.3 Å². The van der Waals surface area contributed by atoms with E-state index in [0.717, 1.165) is 12.7 Å². The van der Waals surface area contributed by atoms with E-state index >= 15 is 0 Å². The molecule has 1 spiro atoms. The number of likely N-dealkylation sites (tertiary alicyclic amines) is 1. The van der Waals surface area contributed by atoms with E-state index in [1.165, 1.54) is 12.1 Å². The molecular formula is C20H28N2O5S. The largest absolute Gasteiger partial charge is 0.444 e. The maximum absolute atomic E-state index is 13.1. The number of carbonyl (C=O) groups is 2. The highest BCUT2D eigenvalue weighted by atomic mass is 32.2. The van der Waals surface area contributed by atoms with Crippen LogP contribution in [0.5, 0.6) is 0 Å². The summed E-state index contributed by atoms with van der Waals surface area (Å²) in [5, 5.41) is 0. The molecule has 7 nitrogen and oxygen atoms in total. The van der Waals surface area contributed by atoms with Gasteiger partial charge in [-0.2, -0.15) is 0 Å². The molecule has 8 heteroatoms. The van der Waals surface area contributed by atoms with Gasteiger partial charge in [-0.3, -0.25) is 4.79 Å². The second-order valence-electron chi connectivity index (χ2n) is 8.72. The van der Waals surface area contributed by atoms with Gasteiger partial charge in [0.2, 0.25) is 5.91 Å². The zero-order valence-electron chi connectivity index (χ0n) is 16.9. The molecule has 0 unspecified atom stereocenters. The molecule has 0 N–H and O–H groups in total. The Kier molecular flexibility index (Phi) is 5.20. The normalized spacial score (nSPS) is 19.9. The summed E-state index contributed by atoms with van der Waals surface area (Å²) in [6, 6.07) is 6.44. The van der Waals surface area contributed by atoms with Crippen LogP contribution in [0.3, 0.4) is 0 Å². The van der Waals surface area contributed by atoms with E-state index in [1.54, 1.807) is 21.9 Å². The Morgan fingerprint density at radius 2 is 1.57 bits per heavy atom. The van der Waals surface area contributed by atoms with E-state index < -0.39 is 20.9 Å². The van der Waals surface area contributed by atoms with Crippen molar-refractivity contribution in [1.82, 2.24) is 4.90 Å². The number of hydrogen-bond acceptors (Lipinski definition) is 5. The second-order valence-corrected chi connectivity index (χ2v) is 10.7. The lowest BCUT2D eigenvalue weighted by molar-refractivity contribution is -0.128. The van der Waals surface area contributed by atoms with Gasteiger partial charge in [0, 0.05) is 31.6 Å². The topological polar surface area (TPSA) is 84.0 Å². The number of anilines is 1. The van der Waals surface area contributed by atoms with E-state index in [2.05, 4.69) is 0 Å². The quantitative estimate of drug-likeness (QED) is 0.751. The molecule has 0 bridgehead atoms. The summed E-state index contributed by atoms with van der Waals surface area (Å²) < 4.78 is 28.7. The van der Waals surface area contributed by atoms with Gasteiger partial charge in [-0.15, -0.1) is 0 Å². The van der Waals surface area contributed by atoms with Gasteiger partial charge in [-0.25, -0.2) is 13.2 Å². The molecule has 0 aromatic heterocycles. The SMILES string of the molecule is CC(C)(C)OC(=O)N1CCC2(CC1)CCN(c1ccc(S(C)(=O)=O)cc1)C2=O. The van der Waals surface area contributed by atoms with Crippen molar-refractivity contribution >= 4 is 27.5 Å². The third kappa shape index (κ3) is 4.16. The first-order valence-electron chi connectivity index (χ1n) is 9.51. The first kappa shape index (κ1) is 20.6. The van der Waals surface area contributed by atoms with Gasteiger partial charge in [-0.05, 0) is 64.3 Å². The predicted octanol–water partition coefficient (Wildman–Crippen LogP) is 2.84. The fourth-order valence-corrected chi connectivity index (χ4v) is 4.48. The van der Waals surface area contributed by atoms with E-state index in [4.69, 9.17) is 4.74 Å². The number of nitrogens with zero attached hydrogens (tertiary/aromatic N) is 2. The minimum Gasteiger partial charge on any atom is -0.444 e. The fourth-order valence-electron chi connectivity index (χ4n) is 3.85. The smallest absolute Gasteiger partial charge is 0.410 e. The number of benzene rings is 1. The lowest BCUT2D eigenvalue weighted by atomic mass is 9.77. The summed E-state index contributed by atoms with van der Waals surface area (Å²) in [6.45, 7) is 7.11. The van der Waals surface area contributed by atoms with Crippen molar-refractivity contribution in [3.8, 4) is 0 Å². The molecule has 154 valence electrons. The zero-order valence-corrected chi connectivity index (χ0v) is 17.7. The highest BCUT2D eigenvalue weighted by Crippen LogP contribution is 2.43. The van der Waals surface area contributed by atoms with Crippen molar-refractivity contribution in [3.05, 3.63) is 24.3 Å². The minimum absolute atomic E-state index is 0.0587. The van der Waals surface area contributed by atoms with Gasteiger partial charge in [0.15, 0.2) is 9.84 Å². The van der Waals surface area contributed by atoms with E-state index in [0.29, 0.717) is 38.2 Å². The average molecular weight is 409 g/mol. The van der Waals surface area contributed by atoms with Crippen molar-refractivity contribution in [2.24, 2.45) is 5.41 Å². The molecule has 0 saturated carbocycles. The molecule has 2 aliphatic rings. The predicted molar refractivity (Wildman–Crippen MR) is 106 cm³/mol. The summed E-state index contributed by atoms with van der Waals surface area (Å²) >= 11 is 0. The molecule has 2 heterocycles. The van der Waals surface area contributed by atoms with Crippen molar-refractivity contribution in [3.63, 3.8) is 0 Å². The molecule has 1 aromatic carbocycles. The number of hydrogen-bond donors (Lipinski definition) is 0. The first-order chi connectivity index (χ1) is 12.9. The molecule has 2 aliphatic heterocycles. The standard InChI is InChI=1S/C20H28N2O5S/c1-19(2,3)27-18(24)21-12-9-20(10-13-21)11-14-22(17(20)23)15-5-7-16(8-6-15)28(4,25)26/h5-8H,9-14H2,1-4H3. The lowest BCUT2D eigenvalue weighted by Crippen LogP contribution is -2.48. The maximum Gasteiger partial charge on any atom is 0.410 e. The van der Waals surface area contributed by atoms with Gasteiger partial charge < -0.3 is 14.5 Å². The van der Waals surface area contributed by atoms with E-state index in [1.807, 2.05) is 20.8 Å². The molecule has 2 amide bonds. The monoisotopic (exact) mass is 408 g/mol. The summed E-state index contributed by atoms with van der Waals surface area (Å²) in [7, 11) is -3.26. The summed E-state index contributed by atoms with van der Waals surface area (Å²) in [6.07, 6.45) is 2.80. The lowest BCUT2D eigenvalue weighted by Gasteiger charge is -2.38. The minimum atomic E-state index is -3.26. The molecule has 1 aromatic rings. The Balaban J connectivity index is 1.67. The molecule has 3 rings (SSSR count). The second kappa shape index (κ2) is 7.06. The number of amides is 2. The molecule has 0 radical (unpaired) electrons. The summed E-state index contributed by atoms with van der Waals surface area (Å²) in [5.41, 5.74) is -0.276. The van der Waals surface area contributed by atoms with Crippen molar-refractivity contribution in [2.45, 2.75) is 50.5 Å². The van der Waals surface area contributed by atoms with Gasteiger partial charge >= 0.3 is 6.09 Å². The van der Waals surface area contributed by atoms with Crippen LogP contribution in [0.4, 0.5) is 10.5 Å². The molecule has 0 aliphatic carbocycles. The van der Waals surface area contributed by atoms with Crippen molar-refractivity contribution in [1.29, 1.82) is 0 Å². The van der Waals surface area contributed by atoms with Crippen LogP contribution in [-0.4, -0.2) is 56.8 Å². The molecule has 28 heavy (non-hydrogen) atoms. The van der Waals surface area contributed by atoms with Crippen LogP contribution in [0.15, 0.2) is 29.2 Å². The van der Waals surface area contributed by atoms with E-state index in [9.17, 15) is 18.0 Å². The number of carbonyl (C=O) groups excluding carboxylic acids is 2. The van der Waals surface area contributed by atoms with E-state index in [-0.39, 0.29) is 16.9 Å². The van der Waals surface area contributed by atoms with Crippen molar-refractivity contribution < 1.29 is 22.7 Å². The maximum atomic E-state index is 13.1. The average Bonchev–Trinajstić information content (AvgIpc) is 2.90. The highest BCUT2D eigenvalue weighted by molar-refractivity contribution is 7.90. The molecule has 2 saturated heterocycles. The highest BCUT2D eigenvalue weighted by Gasteiger charge is 2.49. The van der Waals surface area contributed by atoms with Crippen LogP contribution in [0.2, 0.25) is 0 Å². The number of piperidine rings is 1. The number of rotatable bonds is 2. The van der Waals surface area contributed by atoms with Gasteiger partial charge in [0.25, 0.3) is 0 Å².